The van der Waals surface area contributed by atoms with E-state index < -0.39 is 0 Å². The van der Waals surface area contributed by atoms with Gasteiger partial charge in [-0.05, 0) is 25.1 Å². The zero-order valence-corrected chi connectivity index (χ0v) is 10.9. The predicted octanol–water partition coefficient (Wildman–Crippen LogP) is 3.43. The van der Waals surface area contributed by atoms with Crippen LogP contribution in [0.2, 0.25) is 10.0 Å². The first kappa shape index (κ1) is 11.4. The van der Waals surface area contributed by atoms with Gasteiger partial charge in [0, 0.05) is 11.1 Å². The van der Waals surface area contributed by atoms with Crippen LogP contribution in [0.25, 0.3) is 16.6 Å². The van der Waals surface area contributed by atoms with Crippen molar-refractivity contribution in [2.75, 3.05) is 0 Å². The molecule has 0 aliphatic carbocycles. The molecular formula is C12H8Cl2N4. The minimum atomic E-state index is 0.569. The highest BCUT2D eigenvalue weighted by molar-refractivity contribution is 6.40. The maximum Gasteiger partial charge on any atom is 0.138 e. The Balaban J connectivity index is 2.48. The molecule has 0 saturated carbocycles. The molecule has 3 rings (SSSR count). The third-order valence-electron chi connectivity index (χ3n) is 2.63. The van der Waals surface area contributed by atoms with Gasteiger partial charge in [-0.15, -0.1) is 0 Å². The van der Waals surface area contributed by atoms with Crippen molar-refractivity contribution in [2.45, 2.75) is 6.92 Å². The van der Waals surface area contributed by atoms with Crippen molar-refractivity contribution >= 4 is 34.1 Å². The second-order valence-electron chi connectivity index (χ2n) is 3.88. The fourth-order valence-corrected chi connectivity index (χ4v) is 2.34. The molecule has 0 bridgehead atoms. The Bertz CT molecular complexity index is 723. The molecule has 4 nitrogen and oxygen atoms in total. The van der Waals surface area contributed by atoms with E-state index in [9.17, 15) is 0 Å². The Morgan fingerprint density at radius 1 is 1.17 bits per heavy atom. The molecule has 0 spiro atoms. The van der Waals surface area contributed by atoms with Crippen molar-refractivity contribution < 1.29 is 0 Å². The smallest absolute Gasteiger partial charge is 0.138 e. The van der Waals surface area contributed by atoms with Crippen LogP contribution < -0.4 is 0 Å². The monoisotopic (exact) mass is 278 g/mol. The van der Waals surface area contributed by atoms with Crippen molar-refractivity contribution in [1.82, 2.24) is 19.7 Å². The molecule has 90 valence electrons. The van der Waals surface area contributed by atoms with Gasteiger partial charge in [-0.1, -0.05) is 23.2 Å². The summed E-state index contributed by atoms with van der Waals surface area (Å²) in [5.41, 5.74) is 2.34. The lowest BCUT2D eigenvalue weighted by atomic mass is 10.1. The molecule has 0 fully saturated rings. The summed E-state index contributed by atoms with van der Waals surface area (Å²) in [6.07, 6.45) is 3.09. The van der Waals surface area contributed by atoms with Gasteiger partial charge in [0.05, 0.1) is 21.2 Å². The van der Waals surface area contributed by atoms with E-state index in [1.807, 2.05) is 13.0 Å². The van der Waals surface area contributed by atoms with Crippen molar-refractivity contribution in [3.8, 4) is 5.69 Å². The van der Waals surface area contributed by atoms with E-state index in [2.05, 4.69) is 15.1 Å². The summed E-state index contributed by atoms with van der Waals surface area (Å²) in [4.78, 5) is 8.37. The topological polar surface area (TPSA) is 43.6 Å². The summed E-state index contributed by atoms with van der Waals surface area (Å²) >= 11 is 12.4. The number of rotatable bonds is 1. The van der Waals surface area contributed by atoms with Crippen LogP contribution in [0.15, 0.2) is 30.9 Å². The molecule has 0 aliphatic rings. The van der Waals surface area contributed by atoms with Gasteiger partial charge in [-0.25, -0.2) is 9.67 Å². The lowest BCUT2D eigenvalue weighted by molar-refractivity contribution is 0.882. The fourth-order valence-electron chi connectivity index (χ4n) is 1.89. The van der Waals surface area contributed by atoms with Crippen molar-refractivity contribution in [3.05, 3.63) is 46.6 Å². The van der Waals surface area contributed by atoms with Crippen molar-refractivity contribution in [2.24, 2.45) is 0 Å². The van der Waals surface area contributed by atoms with Crippen LogP contribution in [-0.4, -0.2) is 19.7 Å². The van der Waals surface area contributed by atoms with Gasteiger partial charge in [-0.2, -0.15) is 5.10 Å². The third kappa shape index (κ3) is 1.74. The first-order chi connectivity index (χ1) is 8.66. The van der Waals surface area contributed by atoms with Crippen LogP contribution in [0.4, 0.5) is 0 Å². The van der Waals surface area contributed by atoms with Gasteiger partial charge >= 0.3 is 0 Å². The van der Waals surface area contributed by atoms with Gasteiger partial charge in [0.25, 0.3) is 0 Å². The molecule has 0 saturated heterocycles. The Morgan fingerprint density at radius 2 is 1.94 bits per heavy atom. The molecule has 18 heavy (non-hydrogen) atoms. The molecule has 0 aliphatic heterocycles. The number of fused-ring (bicyclic) bond motifs is 1. The Kier molecular flexibility index (Phi) is 2.69. The standard InChI is InChI=1S/C12H8Cl2N4/c1-7-4-10(18-6-15-5-16-18)11-8(13)2-3-9(14)12(11)17-7/h2-6H,1H3. The van der Waals surface area contributed by atoms with Crippen LogP contribution in [0.3, 0.4) is 0 Å². The van der Waals surface area contributed by atoms with Gasteiger partial charge in [0.1, 0.15) is 12.7 Å². The molecule has 3 aromatic rings. The molecule has 0 amide bonds. The van der Waals surface area contributed by atoms with E-state index in [1.165, 1.54) is 6.33 Å². The number of aryl methyl sites for hydroxylation is 1. The summed E-state index contributed by atoms with van der Waals surface area (Å²) in [5, 5.41) is 6.06. The highest BCUT2D eigenvalue weighted by Gasteiger charge is 2.12. The maximum absolute atomic E-state index is 6.24. The minimum absolute atomic E-state index is 0.569. The lowest BCUT2D eigenvalue weighted by Crippen LogP contribution is -1.99. The normalized spacial score (nSPS) is 11.1. The van der Waals surface area contributed by atoms with E-state index in [4.69, 9.17) is 23.2 Å². The van der Waals surface area contributed by atoms with Gasteiger partial charge in [0.15, 0.2) is 0 Å². The highest BCUT2D eigenvalue weighted by Crippen LogP contribution is 2.32. The molecule has 0 unspecified atom stereocenters. The Labute approximate surface area is 113 Å². The fraction of sp³-hybridized carbons (Fsp3) is 0.0833. The molecule has 1 aromatic carbocycles. The number of aromatic nitrogens is 4. The Morgan fingerprint density at radius 3 is 2.67 bits per heavy atom. The quantitative estimate of drug-likeness (QED) is 0.685. The zero-order chi connectivity index (χ0) is 12.7. The third-order valence-corrected chi connectivity index (χ3v) is 3.25. The van der Waals surface area contributed by atoms with Crippen LogP contribution in [0.1, 0.15) is 5.69 Å². The number of hydrogen-bond acceptors (Lipinski definition) is 3. The van der Waals surface area contributed by atoms with Crippen molar-refractivity contribution in [1.29, 1.82) is 0 Å². The SMILES string of the molecule is Cc1cc(-n2cncn2)c2c(Cl)ccc(Cl)c2n1. The lowest BCUT2D eigenvalue weighted by Gasteiger charge is -2.10. The van der Waals surface area contributed by atoms with E-state index in [-0.39, 0.29) is 0 Å². The molecule has 0 atom stereocenters. The zero-order valence-electron chi connectivity index (χ0n) is 9.43. The number of pyridine rings is 1. The second kappa shape index (κ2) is 4.23. The second-order valence-corrected chi connectivity index (χ2v) is 4.69. The molecule has 2 aromatic heterocycles. The molecule has 2 heterocycles. The number of hydrogen-bond donors (Lipinski definition) is 0. The largest absolute Gasteiger partial charge is 0.251 e. The first-order valence-corrected chi connectivity index (χ1v) is 6.03. The van der Waals surface area contributed by atoms with E-state index >= 15 is 0 Å². The molecule has 0 radical (unpaired) electrons. The van der Waals surface area contributed by atoms with Crippen LogP contribution in [-0.2, 0) is 0 Å². The van der Waals surface area contributed by atoms with E-state index in [0.29, 0.717) is 15.6 Å². The van der Waals surface area contributed by atoms with Gasteiger partial charge in [-0.3, -0.25) is 4.98 Å². The number of halogens is 2. The maximum atomic E-state index is 6.24. The van der Waals surface area contributed by atoms with E-state index in [1.54, 1.807) is 23.1 Å². The molecule has 6 heteroatoms. The Hall–Kier alpha value is -1.65. The van der Waals surface area contributed by atoms with E-state index in [0.717, 1.165) is 16.8 Å². The summed E-state index contributed by atoms with van der Waals surface area (Å²) in [6, 6.07) is 5.40. The number of nitrogens with zero attached hydrogens (tertiary/aromatic N) is 4. The summed E-state index contributed by atoms with van der Waals surface area (Å²) in [5.74, 6) is 0. The summed E-state index contributed by atoms with van der Waals surface area (Å²) in [6.45, 7) is 1.90. The predicted molar refractivity (Wildman–Crippen MR) is 71.4 cm³/mol. The molecular weight excluding hydrogens is 271 g/mol. The average molecular weight is 279 g/mol. The van der Waals surface area contributed by atoms with Crippen molar-refractivity contribution in [3.63, 3.8) is 0 Å². The van der Waals surface area contributed by atoms with Gasteiger partial charge in [0.2, 0.25) is 0 Å². The van der Waals surface area contributed by atoms with Gasteiger partial charge < -0.3 is 0 Å². The summed E-state index contributed by atoms with van der Waals surface area (Å²) < 4.78 is 1.65. The highest BCUT2D eigenvalue weighted by atomic mass is 35.5. The molecule has 0 N–H and O–H groups in total. The summed E-state index contributed by atoms with van der Waals surface area (Å²) in [7, 11) is 0. The number of benzene rings is 1. The minimum Gasteiger partial charge on any atom is -0.251 e. The average Bonchev–Trinajstić information content (AvgIpc) is 2.86. The van der Waals surface area contributed by atoms with Crippen LogP contribution in [0.5, 0.6) is 0 Å². The van der Waals surface area contributed by atoms with Crippen LogP contribution >= 0.6 is 23.2 Å². The first-order valence-electron chi connectivity index (χ1n) is 5.27. The van der Waals surface area contributed by atoms with Crippen LogP contribution in [0, 0.1) is 6.92 Å².